The maximum absolute atomic E-state index is 6.20. The van der Waals surface area contributed by atoms with Gasteiger partial charge in [-0.1, -0.05) is 6.92 Å². The molecule has 0 amide bonds. The number of hydrogen-bond donors (Lipinski definition) is 1. The van der Waals surface area contributed by atoms with Crippen molar-refractivity contribution in [2.45, 2.75) is 50.8 Å². The molecule has 2 rings (SSSR count). The quantitative estimate of drug-likeness (QED) is 0.835. The van der Waals surface area contributed by atoms with Crippen molar-refractivity contribution in [1.29, 1.82) is 0 Å². The Kier molecular flexibility index (Phi) is 4.26. The van der Waals surface area contributed by atoms with Crippen molar-refractivity contribution in [3.8, 4) is 0 Å². The average Bonchev–Trinajstić information content (AvgIpc) is 2.70. The molecule has 0 aromatic heterocycles. The lowest BCUT2D eigenvalue weighted by molar-refractivity contribution is -0.115. The molecule has 2 heterocycles. The second-order valence-electron chi connectivity index (χ2n) is 7.38. The van der Waals surface area contributed by atoms with Crippen LogP contribution in [-0.4, -0.2) is 67.3 Å². The van der Waals surface area contributed by atoms with Gasteiger partial charge in [-0.25, -0.2) is 0 Å². The predicted molar refractivity (Wildman–Crippen MR) is 79.3 cm³/mol. The van der Waals surface area contributed by atoms with E-state index in [1.165, 1.54) is 0 Å². The number of rotatable bonds is 3. The van der Waals surface area contributed by atoms with Gasteiger partial charge in [-0.05, 0) is 46.7 Å². The van der Waals surface area contributed by atoms with Gasteiger partial charge in [0, 0.05) is 37.8 Å². The normalized spacial score (nSPS) is 39.9. The number of nitrogens with zero attached hydrogens (tertiary/aromatic N) is 2. The smallest absolute Gasteiger partial charge is 0.0644 e. The summed E-state index contributed by atoms with van der Waals surface area (Å²) in [5, 5.41) is 0. The Labute approximate surface area is 118 Å². The number of nitrogens with two attached hydrogens (primary N) is 1. The van der Waals surface area contributed by atoms with Gasteiger partial charge in [0.15, 0.2) is 0 Å². The molecule has 112 valence electrons. The lowest BCUT2D eigenvalue weighted by Crippen LogP contribution is -2.60. The van der Waals surface area contributed by atoms with Crippen molar-refractivity contribution >= 4 is 0 Å². The van der Waals surface area contributed by atoms with Crippen LogP contribution in [0.4, 0.5) is 0 Å². The minimum atomic E-state index is -0.0446. The molecule has 0 aromatic rings. The van der Waals surface area contributed by atoms with Gasteiger partial charge in [0.25, 0.3) is 0 Å². The molecule has 2 fully saturated rings. The Hall–Kier alpha value is -0.160. The first-order chi connectivity index (χ1) is 8.80. The maximum Gasteiger partial charge on any atom is 0.0644 e. The van der Waals surface area contributed by atoms with Gasteiger partial charge in [-0.15, -0.1) is 0 Å². The molecule has 0 saturated carbocycles. The fraction of sp³-hybridized carbons (Fsp3) is 1.00. The molecule has 2 saturated heterocycles. The lowest BCUT2D eigenvalue weighted by Gasteiger charge is -2.49. The van der Waals surface area contributed by atoms with Gasteiger partial charge in [0.2, 0.25) is 0 Å². The summed E-state index contributed by atoms with van der Waals surface area (Å²) in [5.41, 5.74) is 6.29. The molecule has 4 nitrogen and oxygen atoms in total. The van der Waals surface area contributed by atoms with E-state index in [1.54, 1.807) is 0 Å². The van der Waals surface area contributed by atoms with Gasteiger partial charge in [-0.2, -0.15) is 0 Å². The van der Waals surface area contributed by atoms with E-state index in [4.69, 9.17) is 10.5 Å². The van der Waals surface area contributed by atoms with E-state index < -0.39 is 0 Å². The first-order valence-corrected chi connectivity index (χ1v) is 7.55. The molecule has 0 spiro atoms. The van der Waals surface area contributed by atoms with Crippen molar-refractivity contribution in [3.05, 3.63) is 0 Å². The van der Waals surface area contributed by atoms with Crippen molar-refractivity contribution in [1.82, 2.24) is 9.80 Å². The highest BCUT2D eigenvalue weighted by Crippen LogP contribution is 2.39. The number of likely N-dealkylation sites (tertiary alicyclic amines) is 1. The molecule has 2 aliphatic rings. The van der Waals surface area contributed by atoms with Crippen LogP contribution in [0.2, 0.25) is 0 Å². The highest BCUT2D eigenvalue weighted by molar-refractivity contribution is 5.03. The molecule has 0 aromatic carbocycles. The maximum atomic E-state index is 6.20. The van der Waals surface area contributed by atoms with Crippen LogP contribution >= 0.6 is 0 Å². The third-order valence-corrected chi connectivity index (χ3v) is 5.10. The summed E-state index contributed by atoms with van der Waals surface area (Å²) in [6, 6.07) is 0.648. The fourth-order valence-electron chi connectivity index (χ4n) is 4.03. The van der Waals surface area contributed by atoms with Crippen LogP contribution in [0.25, 0.3) is 0 Å². The van der Waals surface area contributed by atoms with E-state index in [-0.39, 0.29) is 11.1 Å². The molecule has 0 bridgehead atoms. The zero-order valence-corrected chi connectivity index (χ0v) is 13.3. The standard InChI is InChI=1S/C15H31N3O/c1-12-8-18(9-13(12)17(4)5)15(11-16)6-7-19-14(2,3)10-15/h12-13H,6-11,16H2,1-5H3. The third-order valence-electron chi connectivity index (χ3n) is 5.10. The van der Waals surface area contributed by atoms with E-state index in [9.17, 15) is 0 Å². The monoisotopic (exact) mass is 269 g/mol. The Morgan fingerprint density at radius 2 is 2.00 bits per heavy atom. The highest BCUT2D eigenvalue weighted by atomic mass is 16.5. The van der Waals surface area contributed by atoms with Crippen LogP contribution in [0.1, 0.15) is 33.6 Å². The summed E-state index contributed by atoms with van der Waals surface area (Å²) in [6.45, 7) is 10.6. The first-order valence-electron chi connectivity index (χ1n) is 7.55. The van der Waals surface area contributed by atoms with E-state index in [1.807, 2.05) is 0 Å². The van der Waals surface area contributed by atoms with Crippen molar-refractivity contribution in [2.24, 2.45) is 11.7 Å². The predicted octanol–water partition coefficient (Wildman–Crippen LogP) is 1.15. The van der Waals surface area contributed by atoms with Crippen LogP contribution < -0.4 is 5.73 Å². The van der Waals surface area contributed by atoms with E-state index in [0.29, 0.717) is 12.0 Å². The number of ether oxygens (including phenoxy) is 1. The number of likely N-dealkylation sites (N-methyl/N-ethyl adjacent to an activating group) is 1. The van der Waals surface area contributed by atoms with Gasteiger partial charge in [0.1, 0.15) is 0 Å². The van der Waals surface area contributed by atoms with Crippen LogP contribution in [0.15, 0.2) is 0 Å². The zero-order chi connectivity index (χ0) is 14.3. The molecular weight excluding hydrogens is 238 g/mol. The molecule has 19 heavy (non-hydrogen) atoms. The molecule has 2 aliphatic heterocycles. The van der Waals surface area contributed by atoms with E-state index in [2.05, 4.69) is 44.7 Å². The third kappa shape index (κ3) is 2.97. The van der Waals surface area contributed by atoms with Gasteiger partial charge in [-0.3, -0.25) is 4.90 Å². The summed E-state index contributed by atoms with van der Waals surface area (Å²) in [5.74, 6) is 0.712. The Balaban J connectivity index is 2.14. The largest absolute Gasteiger partial charge is 0.375 e. The summed E-state index contributed by atoms with van der Waals surface area (Å²) < 4.78 is 5.89. The van der Waals surface area contributed by atoms with E-state index in [0.717, 1.165) is 39.1 Å². The molecule has 0 radical (unpaired) electrons. The molecular formula is C15H31N3O. The highest BCUT2D eigenvalue weighted by Gasteiger charge is 2.47. The average molecular weight is 269 g/mol. The summed E-state index contributed by atoms with van der Waals surface area (Å²) in [6.07, 6.45) is 2.11. The second-order valence-corrected chi connectivity index (χ2v) is 7.38. The Bertz CT molecular complexity index is 319. The SMILES string of the molecule is CC1CN(C2(CN)CCOC(C)(C)C2)CC1N(C)C. The Morgan fingerprint density at radius 1 is 1.32 bits per heavy atom. The topological polar surface area (TPSA) is 41.7 Å². The van der Waals surface area contributed by atoms with Gasteiger partial charge < -0.3 is 15.4 Å². The molecule has 3 unspecified atom stereocenters. The molecule has 2 N–H and O–H groups in total. The fourth-order valence-corrected chi connectivity index (χ4v) is 4.03. The summed E-state index contributed by atoms with van der Waals surface area (Å²) in [7, 11) is 4.38. The number of hydrogen-bond acceptors (Lipinski definition) is 4. The molecule has 3 atom stereocenters. The van der Waals surface area contributed by atoms with Crippen LogP contribution in [0, 0.1) is 5.92 Å². The van der Waals surface area contributed by atoms with E-state index >= 15 is 0 Å². The van der Waals surface area contributed by atoms with Gasteiger partial charge >= 0.3 is 0 Å². The minimum absolute atomic E-state index is 0.0446. The lowest BCUT2D eigenvalue weighted by atomic mass is 9.80. The zero-order valence-electron chi connectivity index (χ0n) is 13.3. The second kappa shape index (κ2) is 5.32. The van der Waals surface area contributed by atoms with Crippen LogP contribution in [0.3, 0.4) is 0 Å². The van der Waals surface area contributed by atoms with Crippen molar-refractivity contribution < 1.29 is 4.74 Å². The first kappa shape index (κ1) is 15.2. The van der Waals surface area contributed by atoms with Crippen LogP contribution in [-0.2, 0) is 4.74 Å². The Morgan fingerprint density at radius 3 is 2.47 bits per heavy atom. The minimum Gasteiger partial charge on any atom is -0.375 e. The summed E-state index contributed by atoms with van der Waals surface area (Å²) >= 11 is 0. The van der Waals surface area contributed by atoms with Gasteiger partial charge in [0.05, 0.1) is 5.60 Å². The van der Waals surface area contributed by atoms with Crippen molar-refractivity contribution in [2.75, 3.05) is 40.3 Å². The van der Waals surface area contributed by atoms with Crippen molar-refractivity contribution in [3.63, 3.8) is 0 Å². The summed E-state index contributed by atoms with van der Waals surface area (Å²) in [4.78, 5) is 5.01. The molecule has 0 aliphatic carbocycles. The van der Waals surface area contributed by atoms with Crippen LogP contribution in [0.5, 0.6) is 0 Å². The molecule has 4 heteroatoms.